The number of hydrogen-bond donors (Lipinski definition) is 5. The number of ether oxygens (including phenoxy) is 2. The topological polar surface area (TPSA) is 141 Å². The fourth-order valence-electron chi connectivity index (χ4n) is 6.59. The van der Waals surface area contributed by atoms with Gasteiger partial charge < -0.3 is 40.3 Å². The Morgan fingerprint density at radius 3 is 2.43 bits per heavy atom. The van der Waals surface area contributed by atoms with Gasteiger partial charge in [-0.15, -0.1) is 0 Å². The number of carbonyl (C=O) groups excluding carboxylic acids is 2. The van der Waals surface area contributed by atoms with Gasteiger partial charge in [0.05, 0.1) is 31.3 Å². The van der Waals surface area contributed by atoms with Crippen LogP contribution in [0.2, 0.25) is 0 Å². The van der Waals surface area contributed by atoms with E-state index in [2.05, 4.69) is 43.5 Å². The minimum Gasteiger partial charge on any atom is -0.496 e. The zero-order valence-corrected chi connectivity index (χ0v) is 30.5. The predicted molar refractivity (Wildman–Crippen MR) is 192 cm³/mol. The molecule has 2 aliphatic rings. The standard InChI is InChI=1S/C39H57N3O7/c1-9-24(2)30-22-33(48-8)31(35-34(45)32(44)21-29(23-43)49-35)20-28(30)19-27-11-10-26(18-25(27)3)12-13-38(4,5)36(46)41-39(6,7)37(47)42-16-14-40-15-17-42/h10-13,18,20,22,24,29,32,34-35,40,43-45H,9,14-17,19,21,23H2,1-8H3,(H,41,46)/b13-12+/t24?,29-,32-,34+,35-/m0/s1. The first-order chi connectivity index (χ1) is 23.1. The Bertz CT molecular complexity index is 1500. The number of nitrogens with zero attached hydrogens (tertiary/aromatic N) is 1. The highest BCUT2D eigenvalue weighted by atomic mass is 16.5. The van der Waals surface area contributed by atoms with Crippen molar-refractivity contribution in [3.63, 3.8) is 0 Å². The van der Waals surface area contributed by atoms with E-state index in [9.17, 15) is 24.9 Å². The van der Waals surface area contributed by atoms with Gasteiger partial charge in [-0.1, -0.05) is 44.2 Å². The number of carbonyl (C=O) groups is 2. The first kappa shape index (κ1) is 38.5. The van der Waals surface area contributed by atoms with Gasteiger partial charge in [0.15, 0.2) is 0 Å². The lowest BCUT2D eigenvalue weighted by Crippen LogP contribution is -2.60. The van der Waals surface area contributed by atoms with E-state index in [1.165, 1.54) is 0 Å². The second kappa shape index (κ2) is 16.2. The van der Waals surface area contributed by atoms with Gasteiger partial charge in [-0.2, -0.15) is 0 Å². The molecule has 0 radical (unpaired) electrons. The second-order valence-electron chi connectivity index (χ2n) is 14.8. The summed E-state index contributed by atoms with van der Waals surface area (Å²) in [4.78, 5) is 28.3. The van der Waals surface area contributed by atoms with Gasteiger partial charge >= 0.3 is 0 Å². The number of rotatable bonds is 12. The van der Waals surface area contributed by atoms with Crippen LogP contribution in [0.1, 0.15) is 99.8 Å². The lowest BCUT2D eigenvalue weighted by Gasteiger charge is -2.37. The lowest BCUT2D eigenvalue weighted by molar-refractivity contribution is -0.180. The molecule has 0 aliphatic carbocycles. The largest absolute Gasteiger partial charge is 0.496 e. The van der Waals surface area contributed by atoms with Crippen LogP contribution >= 0.6 is 0 Å². The van der Waals surface area contributed by atoms with Gasteiger partial charge in [-0.3, -0.25) is 9.59 Å². The van der Waals surface area contributed by atoms with Crippen molar-refractivity contribution in [2.45, 2.75) is 104 Å². The van der Waals surface area contributed by atoms with E-state index in [1.807, 2.05) is 44.2 Å². The molecule has 10 nitrogen and oxygen atoms in total. The SMILES string of the molecule is CCC(C)c1cc(OC)c([C@@H]2O[C@H](CO)C[C@H](O)[C@H]2O)cc1Cc1ccc(/C=C/C(C)(C)C(=O)NC(C)(C)C(=O)N2CCNCC2)cc1C. The Hall–Kier alpha value is -3.28. The van der Waals surface area contributed by atoms with Crippen LogP contribution in [0.4, 0.5) is 0 Å². The van der Waals surface area contributed by atoms with Crippen LogP contribution in [-0.4, -0.2) is 95.8 Å². The fourth-order valence-corrected chi connectivity index (χ4v) is 6.59. The second-order valence-corrected chi connectivity index (χ2v) is 14.8. The summed E-state index contributed by atoms with van der Waals surface area (Å²) in [5.74, 6) is 0.528. The van der Waals surface area contributed by atoms with E-state index in [0.717, 1.165) is 47.3 Å². The zero-order valence-electron chi connectivity index (χ0n) is 30.5. The number of hydrogen-bond acceptors (Lipinski definition) is 8. The number of benzene rings is 2. The minimum absolute atomic E-state index is 0.0804. The van der Waals surface area contributed by atoms with E-state index < -0.39 is 35.4 Å². The van der Waals surface area contributed by atoms with E-state index in [-0.39, 0.29) is 30.8 Å². The highest BCUT2D eigenvalue weighted by molar-refractivity contribution is 5.93. The number of piperazine rings is 1. The van der Waals surface area contributed by atoms with E-state index in [4.69, 9.17) is 9.47 Å². The maximum absolute atomic E-state index is 13.4. The number of aliphatic hydroxyl groups is 3. The number of methoxy groups -OCH3 is 1. The van der Waals surface area contributed by atoms with Crippen LogP contribution in [0.25, 0.3) is 6.08 Å². The van der Waals surface area contributed by atoms with Gasteiger partial charge in [0, 0.05) is 38.2 Å². The molecule has 2 fully saturated rings. The number of aliphatic hydroxyl groups excluding tert-OH is 3. The summed E-state index contributed by atoms with van der Waals surface area (Å²) in [5.41, 5.74) is 4.15. The molecular weight excluding hydrogens is 622 g/mol. The first-order valence-electron chi connectivity index (χ1n) is 17.6. The van der Waals surface area contributed by atoms with Crippen LogP contribution in [0.15, 0.2) is 36.4 Å². The maximum Gasteiger partial charge on any atom is 0.247 e. The Kier molecular flexibility index (Phi) is 12.7. The summed E-state index contributed by atoms with van der Waals surface area (Å²) >= 11 is 0. The molecule has 270 valence electrons. The van der Waals surface area contributed by atoms with Crippen molar-refractivity contribution < 1.29 is 34.4 Å². The molecule has 10 heteroatoms. The minimum atomic E-state index is -1.16. The molecule has 1 unspecified atom stereocenters. The van der Waals surface area contributed by atoms with Gasteiger partial charge in [0.1, 0.15) is 23.5 Å². The average molecular weight is 680 g/mol. The van der Waals surface area contributed by atoms with Crippen molar-refractivity contribution in [1.29, 1.82) is 0 Å². The molecule has 2 aromatic carbocycles. The molecule has 2 saturated heterocycles. The molecule has 2 amide bonds. The van der Waals surface area contributed by atoms with E-state index in [0.29, 0.717) is 30.8 Å². The molecule has 2 heterocycles. The highest BCUT2D eigenvalue weighted by Crippen LogP contribution is 2.40. The van der Waals surface area contributed by atoms with Crippen molar-refractivity contribution in [3.8, 4) is 5.75 Å². The summed E-state index contributed by atoms with van der Waals surface area (Å²) < 4.78 is 11.8. The van der Waals surface area contributed by atoms with Crippen LogP contribution < -0.4 is 15.4 Å². The van der Waals surface area contributed by atoms with Gasteiger partial charge in [0.25, 0.3) is 0 Å². The third kappa shape index (κ3) is 9.10. The molecule has 49 heavy (non-hydrogen) atoms. The summed E-state index contributed by atoms with van der Waals surface area (Å²) in [7, 11) is 1.59. The van der Waals surface area contributed by atoms with E-state index >= 15 is 0 Å². The molecule has 5 N–H and O–H groups in total. The molecule has 0 bridgehead atoms. The lowest BCUT2D eigenvalue weighted by atomic mass is 9.85. The third-order valence-electron chi connectivity index (χ3n) is 10.1. The van der Waals surface area contributed by atoms with Crippen LogP contribution in [0, 0.1) is 12.3 Å². The molecule has 0 saturated carbocycles. The first-order valence-corrected chi connectivity index (χ1v) is 17.6. The Morgan fingerprint density at radius 1 is 1.12 bits per heavy atom. The van der Waals surface area contributed by atoms with E-state index in [1.54, 1.807) is 25.9 Å². The Balaban J connectivity index is 1.55. The normalized spacial score (nSPS) is 22.6. The maximum atomic E-state index is 13.4. The van der Waals surface area contributed by atoms with Crippen LogP contribution in [0.5, 0.6) is 5.75 Å². The van der Waals surface area contributed by atoms with Crippen LogP contribution in [0.3, 0.4) is 0 Å². The van der Waals surface area contributed by atoms with Gasteiger partial charge in [-0.25, -0.2) is 0 Å². The van der Waals surface area contributed by atoms with Crippen molar-refractivity contribution in [3.05, 3.63) is 69.8 Å². The van der Waals surface area contributed by atoms with Gasteiger partial charge in [0.2, 0.25) is 11.8 Å². The zero-order chi connectivity index (χ0) is 36.1. The van der Waals surface area contributed by atoms with Gasteiger partial charge in [-0.05, 0) is 93.3 Å². The summed E-state index contributed by atoms with van der Waals surface area (Å²) in [6.45, 7) is 16.1. The number of aryl methyl sites for hydroxylation is 1. The highest BCUT2D eigenvalue weighted by Gasteiger charge is 2.40. The molecular formula is C39H57N3O7. The molecule has 2 aliphatic heterocycles. The molecule has 4 rings (SSSR count). The van der Waals surface area contributed by atoms with Crippen molar-refractivity contribution in [2.75, 3.05) is 39.9 Å². The molecule has 0 spiro atoms. The fraction of sp³-hybridized carbons (Fsp3) is 0.590. The molecule has 2 aromatic rings. The van der Waals surface area contributed by atoms with Crippen molar-refractivity contribution in [1.82, 2.24) is 15.5 Å². The monoisotopic (exact) mass is 679 g/mol. The molecule has 5 atom stereocenters. The summed E-state index contributed by atoms with van der Waals surface area (Å²) in [5, 5.41) is 37.5. The summed E-state index contributed by atoms with van der Waals surface area (Å²) in [6, 6.07) is 10.3. The van der Waals surface area contributed by atoms with Crippen molar-refractivity contribution >= 4 is 17.9 Å². The van der Waals surface area contributed by atoms with Crippen LogP contribution in [-0.2, 0) is 20.7 Å². The predicted octanol–water partition coefficient (Wildman–Crippen LogP) is 4.02. The Morgan fingerprint density at radius 2 is 1.82 bits per heavy atom. The molecule has 0 aromatic heterocycles. The summed E-state index contributed by atoms with van der Waals surface area (Å²) in [6.07, 6.45) is 1.92. The van der Waals surface area contributed by atoms with Crippen molar-refractivity contribution in [2.24, 2.45) is 5.41 Å². The third-order valence-corrected chi connectivity index (χ3v) is 10.1. The number of nitrogens with one attached hydrogen (secondary N) is 2. The number of amides is 2. The Labute approximate surface area is 291 Å². The average Bonchev–Trinajstić information content (AvgIpc) is 3.08. The quantitative estimate of drug-likeness (QED) is 0.227. The smallest absolute Gasteiger partial charge is 0.247 e.